The van der Waals surface area contributed by atoms with Gasteiger partial charge in [0.1, 0.15) is 0 Å². The first-order valence-corrected chi connectivity index (χ1v) is 8.57. The summed E-state index contributed by atoms with van der Waals surface area (Å²) in [5.41, 5.74) is 4.52. The first-order valence-electron chi connectivity index (χ1n) is 8.57. The molecule has 0 saturated carbocycles. The number of benzene rings is 2. The van der Waals surface area contributed by atoms with Gasteiger partial charge < -0.3 is 10.6 Å². The summed E-state index contributed by atoms with van der Waals surface area (Å²) in [6.07, 6.45) is 2.65. The summed E-state index contributed by atoms with van der Waals surface area (Å²) in [5.74, 6) is 1.56. The van der Waals surface area contributed by atoms with Crippen LogP contribution >= 0.6 is 0 Å². The van der Waals surface area contributed by atoms with E-state index < -0.39 is 0 Å². The zero-order valence-electron chi connectivity index (χ0n) is 14.8. The van der Waals surface area contributed by atoms with Crippen LogP contribution in [0.3, 0.4) is 0 Å². The van der Waals surface area contributed by atoms with E-state index in [2.05, 4.69) is 64.8 Å². The van der Waals surface area contributed by atoms with Crippen LogP contribution in [0.25, 0.3) is 0 Å². The number of hydrogen-bond acceptors (Lipinski definition) is 5. The molecule has 3 aromatic rings. The highest BCUT2D eigenvalue weighted by molar-refractivity contribution is 5.62. The molecule has 5 heteroatoms. The maximum Gasteiger partial charge on any atom is 0.249 e. The summed E-state index contributed by atoms with van der Waals surface area (Å²) in [7, 11) is 0. The molecule has 25 heavy (non-hydrogen) atoms. The standard InChI is InChI=1S/C20H23N5/c1-4-15-9-11-16(12-10-15)22-20-24-19(13-21-25-20)23-18-8-6-5-7-17(18)14(2)3/h5-14H,4H2,1-3H3,(H2,22,23,24,25). The van der Waals surface area contributed by atoms with Gasteiger partial charge >= 0.3 is 0 Å². The van der Waals surface area contributed by atoms with E-state index in [-0.39, 0.29) is 0 Å². The number of hydrogen-bond donors (Lipinski definition) is 2. The van der Waals surface area contributed by atoms with Crippen LogP contribution in [0.1, 0.15) is 37.8 Å². The van der Waals surface area contributed by atoms with Crippen LogP contribution in [0.5, 0.6) is 0 Å². The normalized spacial score (nSPS) is 10.7. The molecule has 0 amide bonds. The van der Waals surface area contributed by atoms with Crippen molar-refractivity contribution in [3.8, 4) is 0 Å². The summed E-state index contributed by atoms with van der Waals surface area (Å²) >= 11 is 0. The molecule has 0 saturated heterocycles. The van der Waals surface area contributed by atoms with E-state index >= 15 is 0 Å². The largest absolute Gasteiger partial charge is 0.339 e. The van der Waals surface area contributed by atoms with Gasteiger partial charge in [0.25, 0.3) is 0 Å². The predicted octanol–water partition coefficient (Wildman–Crippen LogP) is 5.04. The summed E-state index contributed by atoms with van der Waals surface area (Å²) in [4.78, 5) is 4.51. The highest BCUT2D eigenvalue weighted by Crippen LogP contribution is 2.26. The molecule has 1 heterocycles. The molecule has 2 aromatic carbocycles. The summed E-state index contributed by atoms with van der Waals surface area (Å²) in [6.45, 7) is 6.48. The molecule has 128 valence electrons. The van der Waals surface area contributed by atoms with Gasteiger partial charge in [-0.2, -0.15) is 10.1 Å². The quantitative estimate of drug-likeness (QED) is 0.661. The van der Waals surface area contributed by atoms with Crippen LogP contribution in [0.4, 0.5) is 23.1 Å². The predicted molar refractivity (Wildman–Crippen MR) is 103 cm³/mol. The molecular weight excluding hydrogens is 310 g/mol. The van der Waals surface area contributed by atoms with Crippen molar-refractivity contribution >= 4 is 23.1 Å². The first kappa shape index (κ1) is 16.9. The van der Waals surface area contributed by atoms with Crippen LogP contribution in [0.15, 0.2) is 54.7 Å². The van der Waals surface area contributed by atoms with E-state index in [1.54, 1.807) is 6.20 Å². The van der Waals surface area contributed by atoms with Gasteiger partial charge in [-0.25, -0.2) is 0 Å². The van der Waals surface area contributed by atoms with Crippen molar-refractivity contribution in [2.45, 2.75) is 33.1 Å². The number of anilines is 4. The van der Waals surface area contributed by atoms with E-state index in [1.807, 2.05) is 30.3 Å². The molecule has 0 aliphatic rings. The second kappa shape index (κ2) is 7.75. The zero-order chi connectivity index (χ0) is 17.6. The van der Waals surface area contributed by atoms with Crippen molar-refractivity contribution in [2.75, 3.05) is 10.6 Å². The number of aromatic nitrogens is 3. The minimum absolute atomic E-state index is 0.424. The minimum Gasteiger partial charge on any atom is -0.339 e. The van der Waals surface area contributed by atoms with Gasteiger partial charge in [0.2, 0.25) is 5.95 Å². The highest BCUT2D eigenvalue weighted by atomic mass is 15.3. The number of aryl methyl sites for hydroxylation is 1. The smallest absolute Gasteiger partial charge is 0.249 e. The Morgan fingerprint density at radius 3 is 2.44 bits per heavy atom. The Balaban J connectivity index is 1.77. The third-order valence-electron chi connectivity index (χ3n) is 4.02. The lowest BCUT2D eigenvalue weighted by molar-refractivity contribution is 0.868. The molecule has 5 nitrogen and oxygen atoms in total. The Morgan fingerprint density at radius 1 is 0.960 bits per heavy atom. The Labute approximate surface area is 148 Å². The SMILES string of the molecule is CCc1ccc(Nc2nncc(Nc3ccccc3C(C)C)n2)cc1. The average Bonchev–Trinajstić information content (AvgIpc) is 2.63. The van der Waals surface area contributed by atoms with E-state index in [9.17, 15) is 0 Å². The van der Waals surface area contributed by atoms with Crippen molar-refractivity contribution in [3.63, 3.8) is 0 Å². The Kier molecular flexibility index (Phi) is 5.23. The van der Waals surface area contributed by atoms with Crippen LogP contribution in [0.2, 0.25) is 0 Å². The van der Waals surface area contributed by atoms with E-state index in [4.69, 9.17) is 0 Å². The number of para-hydroxylation sites is 1. The highest BCUT2D eigenvalue weighted by Gasteiger charge is 2.08. The van der Waals surface area contributed by atoms with Gasteiger partial charge in [-0.05, 0) is 41.7 Å². The second-order valence-electron chi connectivity index (χ2n) is 6.21. The van der Waals surface area contributed by atoms with E-state index in [0.717, 1.165) is 17.8 Å². The van der Waals surface area contributed by atoms with Crippen LogP contribution in [-0.2, 0) is 6.42 Å². The minimum atomic E-state index is 0.424. The lowest BCUT2D eigenvalue weighted by atomic mass is 10.0. The summed E-state index contributed by atoms with van der Waals surface area (Å²) < 4.78 is 0. The fourth-order valence-corrected chi connectivity index (χ4v) is 2.62. The number of nitrogens with one attached hydrogen (secondary N) is 2. The first-order chi connectivity index (χ1) is 12.2. The molecule has 0 aliphatic carbocycles. The number of nitrogens with zero attached hydrogens (tertiary/aromatic N) is 3. The molecule has 0 aliphatic heterocycles. The second-order valence-corrected chi connectivity index (χ2v) is 6.21. The Bertz CT molecular complexity index is 827. The maximum absolute atomic E-state index is 4.51. The maximum atomic E-state index is 4.51. The lowest BCUT2D eigenvalue weighted by Gasteiger charge is -2.14. The molecular formula is C20H23N5. The van der Waals surface area contributed by atoms with Crippen molar-refractivity contribution < 1.29 is 0 Å². The molecule has 0 atom stereocenters. The van der Waals surface area contributed by atoms with Crippen molar-refractivity contribution in [2.24, 2.45) is 0 Å². The summed E-state index contributed by atoms with van der Waals surface area (Å²) in [6, 6.07) is 16.5. The molecule has 0 spiro atoms. The molecule has 1 aromatic heterocycles. The monoisotopic (exact) mass is 333 g/mol. The van der Waals surface area contributed by atoms with Gasteiger partial charge in [0.15, 0.2) is 5.82 Å². The molecule has 0 fully saturated rings. The molecule has 3 rings (SSSR count). The summed E-state index contributed by atoms with van der Waals surface area (Å²) in [5, 5.41) is 14.7. The third kappa shape index (κ3) is 4.32. The average molecular weight is 333 g/mol. The zero-order valence-corrected chi connectivity index (χ0v) is 14.8. The lowest BCUT2D eigenvalue weighted by Crippen LogP contribution is -2.04. The topological polar surface area (TPSA) is 62.7 Å². The van der Waals surface area contributed by atoms with Crippen LogP contribution in [-0.4, -0.2) is 15.2 Å². The molecule has 0 radical (unpaired) electrons. The van der Waals surface area contributed by atoms with Crippen molar-refractivity contribution in [1.82, 2.24) is 15.2 Å². The van der Waals surface area contributed by atoms with Crippen LogP contribution < -0.4 is 10.6 Å². The van der Waals surface area contributed by atoms with Crippen molar-refractivity contribution in [1.29, 1.82) is 0 Å². The van der Waals surface area contributed by atoms with Gasteiger partial charge in [0.05, 0.1) is 6.20 Å². The van der Waals surface area contributed by atoms with E-state index in [1.165, 1.54) is 11.1 Å². The van der Waals surface area contributed by atoms with E-state index in [0.29, 0.717) is 17.7 Å². The van der Waals surface area contributed by atoms with Crippen molar-refractivity contribution in [3.05, 3.63) is 65.9 Å². The van der Waals surface area contributed by atoms with Gasteiger partial charge in [-0.1, -0.05) is 51.1 Å². The Morgan fingerprint density at radius 2 is 1.72 bits per heavy atom. The van der Waals surface area contributed by atoms with Crippen LogP contribution in [0, 0.1) is 0 Å². The number of rotatable bonds is 6. The van der Waals surface area contributed by atoms with Gasteiger partial charge in [-0.15, -0.1) is 5.10 Å². The molecule has 2 N–H and O–H groups in total. The van der Waals surface area contributed by atoms with Gasteiger partial charge in [0, 0.05) is 11.4 Å². The fourth-order valence-electron chi connectivity index (χ4n) is 2.62. The third-order valence-corrected chi connectivity index (χ3v) is 4.02. The Hall–Kier alpha value is -2.95. The fraction of sp³-hybridized carbons (Fsp3) is 0.250. The molecule has 0 bridgehead atoms. The van der Waals surface area contributed by atoms with Gasteiger partial charge in [-0.3, -0.25) is 0 Å². The molecule has 0 unspecified atom stereocenters.